The minimum atomic E-state index is -4.90. The zero-order valence-electron chi connectivity index (χ0n) is 7.72. The maximum Gasteiger partial charge on any atom is 0.397 e. The first-order chi connectivity index (χ1) is 6.69. The van der Waals surface area contributed by atoms with Crippen molar-refractivity contribution in [1.29, 1.82) is 0 Å². The lowest BCUT2D eigenvalue weighted by Crippen LogP contribution is -2.46. The van der Waals surface area contributed by atoms with Crippen molar-refractivity contribution < 1.29 is 37.3 Å². The third-order valence-corrected chi connectivity index (χ3v) is 2.00. The second-order valence-electron chi connectivity index (χ2n) is 2.85. The van der Waals surface area contributed by atoms with Crippen LogP contribution in [0.5, 0.6) is 0 Å². The van der Waals surface area contributed by atoms with Crippen molar-refractivity contribution in [3.63, 3.8) is 0 Å². The monoisotopic (exact) mass is 244 g/mol. The van der Waals surface area contributed by atoms with E-state index in [2.05, 4.69) is 4.18 Å². The lowest BCUT2D eigenvalue weighted by molar-refractivity contribution is -0.129. The quantitative estimate of drug-likeness (QED) is 0.296. The Bertz CT molecular complexity index is 296. The third kappa shape index (κ3) is 5.16. The average molecular weight is 244 g/mol. The maximum atomic E-state index is 10.3. The first-order valence-corrected chi connectivity index (χ1v) is 5.20. The summed E-state index contributed by atoms with van der Waals surface area (Å²) >= 11 is 0. The standard InChI is InChI=1S/C6H12O8S/c1-3(8)6(14-15(11,12)13)5(10)4(9)2-7/h2-6,8-10H,1H3,(H,11,12,13). The van der Waals surface area contributed by atoms with Crippen LogP contribution in [-0.2, 0) is 19.4 Å². The van der Waals surface area contributed by atoms with Crippen molar-refractivity contribution in [3.8, 4) is 0 Å². The summed E-state index contributed by atoms with van der Waals surface area (Å²) < 4.78 is 32.8. The molecular formula is C6H12O8S. The van der Waals surface area contributed by atoms with Crippen molar-refractivity contribution in [1.82, 2.24) is 0 Å². The number of rotatable bonds is 6. The van der Waals surface area contributed by atoms with Crippen LogP contribution >= 0.6 is 0 Å². The Balaban J connectivity index is 4.74. The van der Waals surface area contributed by atoms with Crippen molar-refractivity contribution in [3.05, 3.63) is 0 Å². The zero-order valence-corrected chi connectivity index (χ0v) is 8.53. The molecule has 0 aromatic carbocycles. The molecule has 0 aromatic heterocycles. The van der Waals surface area contributed by atoms with E-state index in [1.807, 2.05) is 0 Å². The average Bonchev–Trinajstić information content (AvgIpc) is 2.10. The molecule has 0 rings (SSSR count). The summed E-state index contributed by atoms with van der Waals surface area (Å²) in [6, 6.07) is 0. The molecule has 0 aliphatic rings. The van der Waals surface area contributed by atoms with Crippen LogP contribution < -0.4 is 0 Å². The summed E-state index contributed by atoms with van der Waals surface area (Å²) in [5, 5.41) is 27.0. The molecule has 0 bridgehead atoms. The van der Waals surface area contributed by atoms with Crippen LogP contribution in [0.1, 0.15) is 6.92 Å². The second-order valence-corrected chi connectivity index (χ2v) is 3.89. The van der Waals surface area contributed by atoms with E-state index in [-0.39, 0.29) is 6.29 Å². The SMILES string of the molecule is CC(O)C(OS(=O)(=O)O)C(O)C(O)C=O. The van der Waals surface area contributed by atoms with Gasteiger partial charge < -0.3 is 20.1 Å². The van der Waals surface area contributed by atoms with Crippen molar-refractivity contribution >= 4 is 16.7 Å². The van der Waals surface area contributed by atoms with Gasteiger partial charge in [0.2, 0.25) is 0 Å². The summed E-state index contributed by atoms with van der Waals surface area (Å²) in [7, 11) is -4.90. The van der Waals surface area contributed by atoms with Gasteiger partial charge in [-0.2, -0.15) is 8.42 Å². The first-order valence-electron chi connectivity index (χ1n) is 3.84. The van der Waals surface area contributed by atoms with Gasteiger partial charge in [-0.25, -0.2) is 4.18 Å². The molecule has 8 nitrogen and oxygen atoms in total. The Hall–Kier alpha value is -0.580. The first kappa shape index (κ1) is 14.4. The van der Waals surface area contributed by atoms with E-state index in [1.54, 1.807) is 0 Å². The molecule has 90 valence electrons. The zero-order chi connectivity index (χ0) is 12.2. The highest BCUT2D eigenvalue weighted by molar-refractivity contribution is 7.80. The predicted molar refractivity (Wildman–Crippen MR) is 46.2 cm³/mol. The van der Waals surface area contributed by atoms with Crippen molar-refractivity contribution in [2.45, 2.75) is 31.3 Å². The van der Waals surface area contributed by atoms with Gasteiger partial charge in [-0.05, 0) is 6.92 Å². The van der Waals surface area contributed by atoms with E-state index in [0.29, 0.717) is 0 Å². The molecule has 15 heavy (non-hydrogen) atoms. The number of carbonyl (C=O) groups excluding carboxylic acids is 1. The van der Waals surface area contributed by atoms with Crippen LogP contribution in [0.25, 0.3) is 0 Å². The Morgan fingerprint density at radius 1 is 1.27 bits per heavy atom. The van der Waals surface area contributed by atoms with Gasteiger partial charge in [0.1, 0.15) is 18.3 Å². The van der Waals surface area contributed by atoms with E-state index in [0.717, 1.165) is 6.92 Å². The molecule has 0 saturated carbocycles. The van der Waals surface area contributed by atoms with Crippen molar-refractivity contribution in [2.75, 3.05) is 0 Å². The highest BCUT2D eigenvalue weighted by Gasteiger charge is 2.34. The Kier molecular flexibility index (Phi) is 5.28. The molecule has 0 amide bonds. The van der Waals surface area contributed by atoms with E-state index in [9.17, 15) is 13.2 Å². The van der Waals surface area contributed by atoms with Gasteiger partial charge >= 0.3 is 10.4 Å². The minimum absolute atomic E-state index is 0.0621. The minimum Gasteiger partial charge on any atom is -0.391 e. The number of aliphatic hydroxyl groups excluding tert-OH is 3. The van der Waals surface area contributed by atoms with Gasteiger partial charge in [0.25, 0.3) is 0 Å². The van der Waals surface area contributed by atoms with Crippen LogP contribution in [0.3, 0.4) is 0 Å². The molecule has 4 unspecified atom stereocenters. The topological polar surface area (TPSA) is 141 Å². The number of hydrogen-bond acceptors (Lipinski definition) is 7. The predicted octanol–water partition coefficient (Wildman–Crippen LogP) is -2.52. The fourth-order valence-corrected chi connectivity index (χ4v) is 1.39. The molecule has 4 atom stereocenters. The lowest BCUT2D eigenvalue weighted by atomic mass is 10.1. The summed E-state index contributed by atoms with van der Waals surface area (Å²) in [5.41, 5.74) is 0. The molecule has 4 N–H and O–H groups in total. The van der Waals surface area contributed by atoms with E-state index in [1.165, 1.54) is 0 Å². The molecular weight excluding hydrogens is 232 g/mol. The van der Waals surface area contributed by atoms with Crippen LogP contribution in [0, 0.1) is 0 Å². The van der Waals surface area contributed by atoms with Crippen LogP contribution in [0.2, 0.25) is 0 Å². The van der Waals surface area contributed by atoms with Gasteiger partial charge in [0.15, 0.2) is 6.29 Å². The Labute approximate surface area is 86.1 Å². The highest BCUT2D eigenvalue weighted by atomic mass is 32.3. The Morgan fingerprint density at radius 3 is 2.00 bits per heavy atom. The van der Waals surface area contributed by atoms with Crippen LogP contribution in [0.4, 0.5) is 0 Å². The fraction of sp³-hybridized carbons (Fsp3) is 0.833. The van der Waals surface area contributed by atoms with Crippen LogP contribution in [0.15, 0.2) is 0 Å². The summed E-state index contributed by atoms with van der Waals surface area (Å²) in [4.78, 5) is 10.1. The molecule has 0 radical (unpaired) electrons. The maximum absolute atomic E-state index is 10.3. The largest absolute Gasteiger partial charge is 0.397 e. The summed E-state index contributed by atoms with van der Waals surface area (Å²) in [6.07, 6.45) is -7.31. The van der Waals surface area contributed by atoms with E-state index >= 15 is 0 Å². The van der Waals surface area contributed by atoms with Gasteiger partial charge in [-0.3, -0.25) is 4.55 Å². The van der Waals surface area contributed by atoms with Gasteiger partial charge in [0.05, 0.1) is 6.10 Å². The van der Waals surface area contributed by atoms with E-state index < -0.39 is 34.8 Å². The van der Waals surface area contributed by atoms with E-state index in [4.69, 9.17) is 19.9 Å². The number of hydrogen-bond donors (Lipinski definition) is 4. The summed E-state index contributed by atoms with van der Waals surface area (Å²) in [5.74, 6) is 0. The normalized spacial score (nSPS) is 20.3. The molecule has 0 fully saturated rings. The smallest absolute Gasteiger partial charge is 0.391 e. The molecule has 0 aromatic rings. The molecule has 0 aliphatic carbocycles. The molecule has 0 saturated heterocycles. The van der Waals surface area contributed by atoms with Gasteiger partial charge in [-0.1, -0.05) is 0 Å². The molecule has 0 heterocycles. The Morgan fingerprint density at radius 2 is 1.73 bits per heavy atom. The summed E-state index contributed by atoms with van der Waals surface area (Å²) in [6.45, 7) is 1.05. The molecule has 9 heteroatoms. The van der Waals surface area contributed by atoms with Gasteiger partial charge in [0, 0.05) is 0 Å². The van der Waals surface area contributed by atoms with Crippen LogP contribution in [-0.4, -0.2) is 59.0 Å². The fourth-order valence-electron chi connectivity index (χ4n) is 0.838. The second kappa shape index (κ2) is 5.49. The number of aliphatic hydroxyl groups is 3. The van der Waals surface area contributed by atoms with Crippen molar-refractivity contribution in [2.24, 2.45) is 0 Å². The highest BCUT2D eigenvalue weighted by Crippen LogP contribution is 2.11. The third-order valence-electron chi connectivity index (χ3n) is 1.53. The van der Waals surface area contributed by atoms with Gasteiger partial charge in [-0.15, -0.1) is 0 Å². The number of carbonyl (C=O) groups is 1. The molecule has 0 aliphatic heterocycles. The lowest BCUT2D eigenvalue weighted by Gasteiger charge is -2.24. The number of aldehydes is 1. The molecule has 0 spiro atoms.